The average Bonchev–Trinajstić information content (AvgIpc) is 2.05. The number of allylic oxidation sites excluding steroid dienone is 3. The Morgan fingerprint density at radius 2 is 1.92 bits per heavy atom. The molecule has 1 heteroatoms. The zero-order valence-corrected chi connectivity index (χ0v) is 8.19. The van der Waals surface area contributed by atoms with E-state index in [2.05, 4.69) is 31.8 Å². The Morgan fingerprint density at radius 3 is 2.42 bits per heavy atom. The molecule has 1 aliphatic heterocycles. The molecular weight excluding hydrogens is 146 g/mol. The minimum atomic E-state index is 0.794. The standard InChI is InChI=1S/C11H19N/c1-9(2)8-10(3)11-4-6-12-7-5-11/h8,11-12H,1,4-7H2,2-3H3. The SMILES string of the molecule is C=C(C)C=C(C)C1CCNCC1. The normalized spacial score (nSPS) is 21.0. The molecule has 0 aromatic carbocycles. The predicted molar refractivity (Wildman–Crippen MR) is 54.2 cm³/mol. The Balaban J connectivity index is 2.49. The Bertz CT molecular complexity index is 185. The molecule has 1 fully saturated rings. The Labute approximate surface area is 75.6 Å². The van der Waals surface area contributed by atoms with Crippen LogP contribution < -0.4 is 5.32 Å². The second-order valence-electron chi connectivity index (χ2n) is 3.76. The van der Waals surface area contributed by atoms with Crippen molar-refractivity contribution < 1.29 is 0 Å². The van der Waals surface area contributed by atoms with Gasteiger partial charge >= 0.3 is 0 Å². The molecule has 0 aromatic rings. The first-order chi connectivity index (χ1) is 5.70. The molecule has 0 radical (unpaired) electrons. The summed E-state index contributed by atoms with van der Waals surface area (Å²) >= 11 is 0. The average molecular weight is 165 g/mol. The van der Waals surface area contributed by atoms with Gasteiger partial charge in [-0.15, -0.1) is 0 Å². The minimum Gasteiger partial charge on any atom is -0.317 e. The third kappa shape index (κ3) is 2.82. The fraction of sp³-hybridized carbons (Fsp3) is 0.636. The van der Waals surface area contributed by atoms with Crippen molar-refractivity contribution in [2.45, 2.75) is 26.7 Å². The lowest BCUT2D eigenvalue weighted by Gasteiger charge is -2.23. The van der Waals surface area contributed by atoms with E-state index < -0.39 is 0 Å². The van der Waals surface area contributed by atoms with Gasteiger partial charge in [0, 0.05) is 0 Å². The van der Waals surface area contributed by atoms with E-state index in [1.54, 1.807) is 0 Å². The zero-order valence-electron chi connectivity index (χ0n) is 8.19. The van der Waals surface area contributed by atoms with Crippen LogP contribution >= 0.6 is 0 Å². The molecule has 1 saturated heterocycles. The van der Waals surface area contributed by atoms with Crippen molar-refractivity contribution in [1.82, 2.24) is 5.32 Å². The molecule has 1 rings (SSSR count). The van der Waals surface area contributed by atoms with Crippen molar-refractivity contribution in [2.24, 2.45) is 5.92 Å². The van der Waals surface area contributed by atoms with Gasteiger partial charge in [-0.2, -0.15) is 0 Å². The maximum Gasteiger partial charge on any atom is -0.00432 e. The van der Waals surface area contributed by atoms with E-state index in [9.17, 15) is 0 Å². The molecule has 0 bridgehead atoms. The van der Waals surface area contributed by atoms with Crippen LogP contribution in [0.15, 0.2) is 23.8 Å². The highest BCUT2D eigenvalue weighted by Gasteiger charge is 2.13. The topological polar surface area (TPSA) is 12.0 Å². The summed E-state index contributed by atoms with van der Waals surface area (Å²) < 4.78 is 0. The highest BCUT2D eigenvalue weighted by Crippen LogP contribution is 2.21. The van der Waals surface area contributed by atoms with Crippen molar-refractivity contribution in [2.75, 3.05) is 13.1 Å². The maximum absolute atomic E-state index is 3.90. The predicted octanol–water partition coefficient (Wildman–Crippen LogP) is 2.51. The van der Waals surface area contributed by atoms with Crippen LogP contribution in [0.3, 0.4) is 0 Å². The summed E-state index contributed by atoms with van der Waals surface area (Å²) in [4.78, 5) is 0. The van der Waals surface area contributed by atoms with E-state index >= 15 is 0 Å². The molecule has 0 aromatic heterocycles. The Hall–Kier alpha value is -0.560. The Morgan fingerprint density at radius 1 is 1.33 bits per heavy atom. The van der Waals surface area contributed by atoms with Gasteiger partial charge in [-0.25, -0.2) is 0 Å². The quantitative estimate of drug-likeness (QED) is 0.620. The number of piperidine rings is 1. The van der Waals surface area contributed by atoms with Crippen LogP contribution in [-0.4, -0.2) is 13.1 Å². The van der Waals surface area contributed by atoms with Gasteiger partial charge in [0.2, 0.25) is 0 Å². The summed E-state index contributed by atoms with van der Waals surface area (Å²) in [5.74, 6) is 0.794. The molecule has 0 aliphatic carbocycles. The summed E-state index contributed by atoms with van der Waals surface area (Å²) in [6.07, 6.45) is 4.79. The molecule has 1 aliphatic rings. The molecule has 0 unspecified atom stereocenters. The van der Waals surface area contributed by atoms with Gasteiger partial charge in [0.05, 0.1) is 0 Å². The smallest absolute Gasteiger partial charge is 0.00432 e. The van der Waals surface area contributed by atoms with Gasteiger partial charge in [0.25, 0.3) is 0 Å². The Kier molecular flexibility index (Phi) is 3.54. The molecule has 0 spiro atoms. The number of hydrogen-bond acceptors (Lipinski definition) is 1. The number of hydrogen-bond donors (Lipinski definition) is 1. The van der Waals surface area contributed by atoms with Gasteiger partial charge in [0.15, 0.2) is 0 Å². The van der Waals surface area contributed by atoms with E-state index in [4.69, 9.17) is 0 Å². The largest absolute Gasteiger partial charge is 0.317 e. The van der Waals surface area contributed by atoms with Gasteiger partial charge in [-0.1, -0.05) is 23.8 Å². The molecule has 0 saturated carbocycles. The fourth-order valence-corrected chi connectivity index (χ4v) is 1.78. The molecule has 68 valence electrons. The molecular formula is C11H19N. The maximum atomic E-state index is 3.90. The van der Waals surface area contributed by atoms with Crippen LogP contribution in [0.2, 0.25) is 0 Å². The lowest BCUT2D eigenvalue weighted by atomic mass is 9.90. The molecule has 1 N–H and O–H groups in total. The molecule has 1 nitrogen and oxygen atoms in total. The van der Waals surface area contributed by atoms with Crippen LogP contribution in [0.1, 0.15) is 26.7 Å². The van der Waals surface area contributed by atoms with Gasteiger partial charge in [0.1, 0.15) is 0 Å². The van der Waals surface area contributed by atoms with E-state index in [-0.39, 0.29) is 0 Å². The summed E-state index contributed by atoms with van der Waals surface area (Å²) in [7, 11) is 0. The van der Waals surface area contributed by atoms with Crippen molar-refractivity contribution in [1.29, 1.82) is 0 Å². The van der Waals surface area contributed by atoms with Crippen LogP contribution in [-0.2, 0) is 0 Å². The first kappa shape index (κ1) is 9.53. The number of nitrogens with one attached hydrogen (secondary N) is 1. The highest BCUT2D eigenvalue weighted by atomic mass is 14.9. The van der Waals surface area contributed by atoms with Crippen molar-refractivity contribution in [3.8, 4) is 0 Å². The highest BCUT2D eigenvalue weighted by molar-refractivity contribution is 5.19. The van der Waals surface area contributed by atoms with E-state index in [0.717, 1.165) is 5.92 Å². The third-order valence-corrected chi connectivity index (χ3v) is 2.46. The molecule has 12 heavy (non-hydrogen) atoms. The monoisotopic (exact) mass is 165 g/mol. The lowest BCUT2D eigenvalue weighted by Crippen LogP contribution is -2.28. The summed E-state index contributed by atoms with van der Waals surface area (Å²) in [6, 6.07) is 0. The number of rotatable bonds is 2. The van der Waals surface area contributed by atoms with Crippen LogP contribution in [0.4, 0.5) is 0 Å². The van der Waals surface area contributed by atoms with Crippen LogP contribution in [0.25, 0.3) is 0 Å². The summed E-state index contributed by atoms with van der Waals surface area (Å²) in [6.45, 7) is 10.5. The minimum absolute atomic E-state index is 0.794. The van der Waals surface area contributed by atoms with Crippen molar-refractivity contribution in [3.05, 3.63) is 23.8 Å². The van der Waals surface area contributed by atoms with Gasteiger partial charge < -0.3 is 5.32 Å². The second-order valence-corrected chi connectivity index (χ2v) is 3.76. The summed E-state index contributed by atoms with van der Waals surface area (Å²) in [5.41, 5.74) is 2.68. The fourth-order valence-electron chi connectivity index (χ4n) is 1.78. The summed E-state index contributed by atoms with van der Waals surface area (Å²) in [5, 5.41) is 3.37. The molecule has 0 amide bonds. The van der Waals surface area contributed by atoms with Crippen molar-refractivity contribution in [3.63, 3.8) is 0 Å². The molecule has 0 atom stereocenters. The first-order valence-electron chi connectivity index (χ1n) is 4.74. The third-order valence-electron chi connectivity index (χ3n) is 2.46. The zero-order chi connectivity index (χ0) is 8.97. The van der Waals surface area contributed by atoms with E-state index in [1.165, 1.54) is 37.1 Å². The lowest BCUT2D eigenvalue weighted by molar-refractivity contribution is 0.419. The second kappa shape index (κ2) is 4.46. The van der Waals surface area contributed by atoms with Crippen LogP contribution in [0.5, 0.6) is 0 Å². The van der Waals surface area contributed by atoms with E-state index in [0.29, 0.717) is 0 Å². The molecule has 1 heterocycles. The van der Waals surface area contributed by atoms with Gasteiger partial charge in [-0.3, -0.25) is 0 Å². The van der Waals surface area contributed by atoms with E-state index in [1.807, 2.05) is 0 Å². The van der Waals surface area contributed by atoms with Crippen LogP contribution in [0, 0.1) is 5.92 Å². The van der Waals surface area contributed by atoms with Crippen molar-refractivity contribution >= 4 is 0 Å². The van der Waals surface area contributed by atoms with Gasteiger partial charge in [-0.05, 0) is 45.7 Å². The first-order valence-corrected chi connectivity index (χ1v) is 4.74.